The molecule has 1 amide bonds. The molecule has 0 saturated carbocycles. The van der Waals surface area contributed by atoms with Crippen molar-refractivity contribution >= 4 is 34.1 Å². The largest absolute Gasteiger partial charge is 0.324 e. The second kappa shape index (κ2) is 8.32. The van der Waals surface area contributed by atoms with Crippen LogP contribution in [-0.4, -0.2) is 21.9 Å². The smallest absolute Gasteiger partial charge is 0.267 e. The third-order valence-corrected chi connectivity index (χ3v) is 5.32. The van der Waals surface area contributed by atoms with Gasteiger partial charge < -0.3 is 5.32 Å². The van der Waals surface area contributed by atoms with Crippen LogP contribution in [-0.2, 0) is 11.3 Å². The van der Waals surface area contributed by atoms with Gasteiger partial charge in [0.1, 0.15) is 6.54 Å². The maximum absolute atomic E-state index is 12.4. The van der Waals surface area contributed by atoms with Crippen LogP contribution in [0.5, 0.6) is 0 Å². The molecule has 0 fully saturated rings. The van der Waals surface area contributed by atoms with Crippen molar-refractivity contribution in [2.45, 2.75) is 11.4 Å². The fraction of sp³-hybridized carbons (Fsp3) is 0.0870. The van der Waals surface area contributed by atoms with E-state index in [4.69, 9.17) is 0 Å². The molecule has 0 aliphatic heterocycles. The van der Waals surface area contributed by atoms with Gasteiger partial charge in [0.05, 0.1) is 5.69 Å². The number of nitrogens with one attached hydrogen (secondary N) is 1. The molecule has 0 spiro atoms. The van der Waals surface area contributed by atoms with E-state index in [9.17, 15) is 9.59 Å². The first-order chi connectivity index (χ1) is 14.1. The van der Waals surface area contributed by atoms with Crippen LogP contribution in [0.4, 0.5) is 5.69 Å². The molecule has 1 N–H and O–H groups in total. The molecule has 3 aromatic carbocycles. The number of benzene rings is 3. The van der Waals surface area contributed by atoms with Crippen molar-refractivity contribution in [3.05, 3.63) is 89.2 Å². The van der Waals surface area contributed by atoms with Crippen LogP contribution in [0.25, 0.3) is 22.0 Å². The number of hydrogen-bond acceptors (Lipinski definition) is 4. The monoisotopic (exact) mass is 401 g/mol. The number of carbonyl (C=O) groups is 1. The molecule has 0 aliphatic rings. The highest BCUT2D eigenvalue weighted by Crippen LogP contribution is 2.22. The van der Waals surface area contributed by atoms with Crippen molar-refractivity contribution in [1.82, 2.24) is 9.78 Å². The lowest BCUT2D eigenvalue weighted by atomic mass is 10.1. The van der Waals surface area contributed by atoms with Crippen molar-refractivity contribution in [1.29, 1.82) is 0 Å². The van der Waals surface area contributed by atoms with Gasteiger partial charge in [0.25, 0.3) is 5.56 Å². The maximum Gasteiger partial charge on any atom is 0.267 e. The zero-order chi connectivity index (χ0) is 20.2. The minimum absolute atomic E-state index is 0.148. The van der Waals surface area contributed by atoms with Crippen LogP contribution in [0, 0.1) is 0 Å². The van der Waals surface area contributed by atoms with Crippen LogP contribution in [0.3, 0.4) is 0 Å². The predicted molar refractivity (Wildman–Crippen MR) is 118 cm³/mol. The number of nitrogens with zero attached hydrogens (tertiary/aromatic N) is 2. The molecular weight excluding hydrogens is 382 g/mol. The lowest BCUT2D eigenvalue weighted by molar-refractivity contribution is -0.117. The van der Waals surface area contributed by atoms with E-state index in [1.54, 1.807) is 17.8 Å². The van der Waals surface area contributed by atoms with E-state index in [0.717, 1.165) is 21.2 Å². The zero-order valence-electron chi connectivity index (χ0n) is 15.8. The van der Waals surface area contributed by atoms with Gasteiger partial charge in [-0.2, -0.15) is 5.10 Å². The van der Waals surface area contributed by atoms with E-state index in [0.29, 0.717) is 11.4 Å². The lowest BCUT2D eigenvalue weighted by Gasteiger charge is -2.09. The van der Waals surface area contributed by atoms with Crippen molar-refractivity contribution in [3.63, 3.8) is 0 Å². The number of amides is 1. The van der Waals surface area contributed by atoms with Crippen LogP contribution in [0.15, 0.2) is 88.6 Å². The van der Waals surface area contributed by atoms with E-state index >= 15 is 0 Å². The molecule has 4 aromatic rings. The Labute approximate surface area is 172 Å². The van der Waals surface area contributed by atoms with E-state index in [-0.39, 0.29) is 18.0 Å². The summed E-state index contributed by atoms with van der Waals surface area (Å²) in [5.74, 6) is -0.299. The van der Waals surface area contributed by atoms with Gasteiger partial charge in [-0.05, 0) is 53.4 Å². The molecule has 1 aromatic heterocycles. The molecule has 1 heterocycles. The molecule has 0 atom stereocenters. The van der Waals surface area contributed by atoms with Crippen LogP contribution >= 0.6 is 11.8 Å². The fourth-order valence-electron chi connectivity index (χ4n) is 3.08. The Morgan fingerprint density at radius 3 is 2.48 bits per heavy atom. The molecule has 144 valence electrons. The second-order valence-electron chi connectivity index (χ2n) is 6.55. The second-order valence-corrected chi connectivity index (χ2v) is 7.43. The van der Waals surface area contributed by atoms with Crippen molar-refractivity contribution in [2.24, 2.45) is 0 Å². The van der Waals surface area contributed by atoms with Gasteiger partial charge in [-0.25, -0.2) is 4.68 Å². The molecular formula is C23H19N3O2S. The summed E-state index contributed by atoms with van der Waals surface area (Å²) in [6.07, 6.45) is 1.99. The number of aromatic nitrogens is 2. The first-order valence-electron chi connectivity index (χ1n) is 9.14. The Morgan fingerprint density at radius 2 is 1.72 bits per heavy atom. The van der Waals surface area contributed by atoms with E-state index in [1.165, 1.54) is 10.7 Å². The summed E-state index contributed by atoms with van der Waals surface area (Å²) in [6.45, 7) is -0.148. The van der Waals surface area contributed by atoms with Gasteiger partial charge in [-0.15, -0.1) is 11.8 Å². The maximum atomic E-state index is 12.4. The van der Waals surface area contributed by atoms with Gasteiger partial charge >= 0.3 is 0 Å². The summed E-state index contributed by atoms with van der Waals surface area (Å²) in [5, 5.41) is 9.43. The molecule has 4 rings (SSSR count). The number of fused-ring (bicyclic) bond motifs is 1. The summed E-state index contributed by atoms with van der Waals surface area (Å²) in [6, 6.07) is 24.7. The average molecular weight is 401 g/mol. The number of rotatable bonds is 5. The van der Waals surface area contributed by atoms with E-state index in [1.807, 2.05) is 73.0 Å². The number of thioether (sulfide) groups is 1. The van der Waals surface area contributed by atoms with Crippen LogP contribution < -0.4 is 10.9 Å². The van der Waals surface area contributed by atoms with Gasteiger partial charge in [0, 0.05) is 22.2 Å². The van der Waals surface area contributed by atoms with Gasteiger partial charge in [0.15, 0.2) is 0 Å². The molecule has 6 heteroatoms. The highest BCUT2D eigenvalue weighted by molar-refractivity contribution is 7.98. The quantitative estimate of drug-likeness (QED) is 0.503. The fourth-order valence-corrected chi connectivity index (χ4v) is 3.48. The Bertz CT molecular complexity index is 1230. The third kappa shape index (κ3) is 4.38. The Kier molecular flexibility index (Phi) is 5.44. The Morgan fingerprint density at radius 1 is 0.966 bits per heavy atom. The standard InChI is InChI=1S/C23H19N3O2S/c1-29-20-10-8-19(9-11-20)24-22(27)15-26-23(28)13-12-21(25-26)18-7-6-16-4-2-3-5-17(16)14-18/h2-14H,15H2,1H3,(H,24,27). The van der Waals surface area contributed by atoms with Crippen LogP contribution in [0.1, 0.15) is 0 Å². The van der Waals surface area contributed by atoms with Gasteiger partial charge in [-0.1, -0.05) is 36.4 Å². The summed E-state index contributed by atoms with van der Waals surface area (Å²) in [4.78, 5) is 25.7. The topological polar surface area (TPSA) is 64.0 Å². The SMILES string of the molecule is CSc1ccc(NC(=O)Cn2nc(-c3ccc4ccccc4c3)ccc2=O)cc1. The predicted octanol–water partition coefficient (Wildman–Crippen LogP) is 4.42. The first-order valence-corrected chi connectivity index (χ1v) is 10.4. The number of hydrogen-bond donors (Lipinski definition) is 1. The van der Waals surface area contributed by atoms with E-state index < -0.39 is 0 Å². The summed E-state index contributed by atoms with van der Waals surface area (Å²) in [7, 11) is 0. The molecule has 29 heavy (non-hydrogen) atoms. The highest BCUT2D eigenvalue weighted by atomic mass is 32.2. The average Bonchev–Trinajstić information content (AvgIpc) is 2.75. The minimum atomic E-state index is -0.317. The molecule has 0 unspecified atom stereocenters. The van der Waals surface area contributed by atoms with Crippen molar-refractivity contribution in [2.75, 3.05) is 11.6 Å². The summed E-state index contributed by atoms with van der Waals surface area (Å²) >= 11 is 1.63. The highest BCUT2D eigenvalue weighted by Gasteiger charge is 2.09. The molecule has 0 radical (unpaired) electrons. The van der Waals surface area contributed by atoms with Gasteiger partial charge in [-0.3, -0.25) is 9.59 Å². The first kappa shape index (κ1) is 19.0. The van der Waals surface area contributed by atoms with Crippen LogP contribution in [0.2, 0.25) is 0 Å². The van der Waals surface area contributed by atoms with Crippen molar-refractivity contribution in [3.8, 4) is 11.3 Å². The molecule has 0 aliphatic carbocycles. The van der Waals surface area contributed by atoms with Gasteiger partial charge in [0.2, 0.25) is 5.91 Å². The zero-order valence-corrected chi connectivity index (χ0v) is 16.6. The van der Waals surface area contributed by atoms with E-state index in [2.05, 4.69) is 10.4 Å². The molecule has 0 saturated heterocycles. The summed E-state index contributed by atoms with van der Waals surface area (Å²) in [5.41, 5.74) is 1.91. The third-order valence-electron chi connectivity index (χ3n) is 4.58. The minimum Gasteiger partial charge on any atom is -0.324 e. The number of carbonyl (C=O) groups excluding carboxylic acids is 1. The normalized spacial score (nSPS) is 10.8. The van der Waals surface area contributed by atoms with Crippen molar-refractivity contribution < 1.29 is 4.79 Å². The number of anilines is 1. The summed E-state index contributed by atoms with van der Waals surface area (Å²) < 4.78 is 1.19. The Balaban J connectivity index is 1.55. The molecule has 0 bridgehead atoms. The lowest BCUT2D eigenvalue weighted by Crippen LogP contribution is -2.29. The Hall–Kier alpha value is -3.38. The molecule has 5 nitrogen and oxygen atoms in total.